The predicted octanol–water partition coefficient (Wildman–Crippen LogP) is 15.0. The highest BCUT2D eigenvalue weighted by Crippen LogP contribution is 2.54. The summed E-state index contributed by atoms with van der Waals surface area (Å²) in [6, 6.07) is 61.1. The summed E-state index contributed by atoms with van der Waals surface area (Å²) in [5, 5.41) is 0. The molecule has 324 valence electrons. The fourth-order valence-corrected chi connectivity index (χ4v) is 12.2. The molecule has 0 saturated carbocycles. The van der Waals surface area contributed by atoms with Gasteiger partial charge < -0.3 is 9.80 Å². The Hall–Kier alpha value is -6.58. The Balaban J connectivity index is 1.08. The van der Waals surface area contributed by atoms with E-state index in [0.29, 0.717) is 0 Å². The summed E-state index contributed by atoms with van der Waals surface area (Å²) in [6.45, 7) is 25.9. The Morgan fingerprint density at radius 2 is 0.894 bits per heavy atom. The minimum absolute atomic E-state index is 0.0190. The molecule has 4 aliphatic rings. The van der Waals surface area contributed by atoms with Crippen LogP contribution >= 0.6 is 0 Å². The first-order valence-electron chi connectivity index (χ1n) is 24.0. The molecule has 0 saturated heterocycles. The van der Waals surface area contributed by atoms with Crippen molar-refractivity contribution in [1.29, 1.82) is 0 Å². The molecule has 0 fully saturated rings. The monoisotopic (exact) mass is 854 g/mol. The van der Waals surface area contributed by atoms with Gasteiger partial charge in [-0.05, 0) is 155 Å². The molecule has 0 aromatic heterocycles. The first-order valence-corrected chi connectivity index (χ1v) is 24.0. The van der Waals surface area contributed by atoms with Gasteiger partial charge in [-0.15, -0.1) is 0 Å². The highest BCUT2D eigenvalue weighted by molar-refractivity contribution is 7.00. The first-order chi connectivity index (χ1) is 31.4. The summed E-state index contributed by atoms with van der Waals surface area (Å²) in [4.78, 5) is 5.17. The summed E-state index contributed by atoms with van der Waals surface area (Å²) < 4.78 is 0. The zero-order chi connectivity index (χ0) is 45.8. The molecule has 8 aromatic carbocycles. The number of aryl methyl sites for hydroxylation is 1. The number of nitrogens with zero attached hydrogens (tertiary/aromatic N) is 2. The minimum Gasteiger partial charge on any atom is -0.311 e. The van der Waals surface area contributed by atoms with Gasteiger partial charge in [0.05, 0.1) is 0 Å². The van der Waals surface area contributed by atoms with Gasteiger partial charge in [-0.25, -0.2) is 0 Å². The van der Waals surface area contributed by atoms with Crippen molar-refractivity contribution < 1.29 is 0 Å². The molecule has 0 spiro atoms. The molecule has 0 atom stereocenters. The fraction of sp³-hybridized carbons (Fsp3) is 0.238. The van der Waals surface area contributed by atoms with Crippen molar-refractivity contribution in [1.82, 2.24) is 0 Å². The summed E-state index contributed by atoms with van der Waals surface area (Å²) in [5.41, 5.74) is 28.8. The van der Waals surface area contributed by atoms with Crippen LogP contribution in [-0.2, 0) is 21.7 Å². The highest BCUT2D eigenvalue weighted by Gasteiger charge is 2.45. The van der Waals surface area contributed by atoms with E-state index in [9.17, 15) is 0 Å². The van der Waals surface area contributed by atoms with Crippen molar-refractivity contribution in [3.05, 3.63) is 197 Å². The standard InChI is InChI=1S/C63H59BN2/c1-38-33-56-59-57(34-38)66(43-29-30-46-45-17-12-14-20-48(45)63(10,11)51(46)37-43)55-32-26-41(61(5,6)7)36-53(55)64(59)52-35-40(60(2,3)4)25-31-54(52)65(56)42-27-23-39(24-28-42)44-19-16-22-50-58(44)47-18-13-15-21-49(47)62(50,8)9/h12-37H,1-11H3. The van der Waals surface area contributed by atoms with Crippen LogP contribution in [0.25, 0.3) is 33.4 Å². The van der Waals surface area contributed by atoms with Crippen LogP contribution in [0.1, 0.15) is 108 Å². The molecule has 2 aliphatic heterocycles. The molecule has 2 aliphatic carbocycles. The van der Waals surface area contributed by atoms with Crippen molar-refractivity contribution in [2.45, 2.75) is 97.8 Å². The van der Waals surface area contributed by atoms with Gasteiger partial charge in [0.2, 0.25) is 0 Å². The number of anilines is 6. The van der Waals surface area contributed by atoms with Crippen LogP contribution in [0, 0.1) is 6.92 Å². The largest absolute Gasteiger partial charge is 0.311 e. The maximum Gasteiger partial charge on any atom is 0.252 e. The van der Waals surface area contributed by atoms with Gasteiger partial charge in [0.15, 0.2) is 0 Å². The van der Waals surface area contributed by atoms with E-state index >= 15 is 0 Å². The molecule has 0 amide bonds. The van der Waals surface area contributed by atoms with Gasteiger partial charge in [0, 0.05) is 45.0 Å². The molecule has 0 bridgehead atoms. The van der Waals surface area contributed by atoms with Crippen molar-refractivity contribution in [2.24, 2.45) is 0 Å². The van der Waals surface area contributed by atoms with Gasteiger partial charge in [-0.1, -0.05) is 178 Å². The van der Waals surface area contributed by atoms with E-state index in [1.165, 1.54) is 123 Å². The first kappa shape index (κ1) is 40.9. The normalized spacial score (nSPS) is 15.7. The molecule has 0 N–H and O–H groups in total. The highest BCUT2D eigenvalue weighted by atomic mass is 15.2. The lowest BCUT2D eigenvalue weighted by molar-refractivity contribution is 0.590. The second kappa shape index (κ2) is 13.7. The van der Waals surface area contributed by atoms with Crippen LogP contribution in [0.15, 0.2) is 158 Å². The van der Waals surface area contributed by atoms with Crippen LogP contribution in [0.4, 0.5) is 34.1 Å². The van der Waals surface area contributed by atoms with Gasteiger partial charge in [0.25, 0.3) is 6.71 Å². The van der Waals surface area contributed by atoms with E-state index in [4.69, 9.17) is 0 Å². The molecular weight excluding hydrogens is 796 g/mol. The summed E-state index contributed by atoms with van der Waals surface area (Å²) >= 11 is 0. The van der Waals surface area contributed by atoms with E-state index in [-0.39, 0.29) is 28.4 Å². The van der Waals surface area contributed by atoms with Crippen LogP contribution < -0.4 is 26.2 Å². The van der Waals surface area contributed by atoms with E-state index < -0.39 is 0 Å². The lowest BCUT2D eigenvalue weighted by Crippen LogP contribution is -2.61. The van der Waals surface area contributed by atoms with Crippen molar-refractivity contribution in [3.63, 3.8) is 0 Å². The Morgan fingerprint density at radius 1 is 0.409 bits per heavy atom. The van der Waals surface area contributed by atoms with Crippen LogP contribution in [0.2, 0.25) is 0 Å². The topological polar surface area (TPSA) is 6.48 Å². The second-order valence-electron chi connectivity index (χ2n) is 22.7. The molecule has 2 heterocycles. The molecule has 66 heavy (non-hydrogen) atoms. The molecule has 0 radical (unpaired) electrons. The van der Waals surface area contributed by atoms with E-state index in [0.717, 1.165) is 0 Å². The molecule has 0 unspecified atom stereocenters. The Kier molecular flexibility index (Phi) is 8.51. The Bertz CT molecular complexity index is 3350. The Labute approximate surface area is 393 Å². The molecule has 12 rings (SSSR count). The smallest absolute Gasteiger partial charge is 0.252 e. The third-order valence-corrected chi connectivity index (χ3v) is 15.8. The average Bonchev–Trinajstić information content (AvgIpc) is 3.67. The molecule has 3 heteroatoms. The Morgan fingerprint density at radius 3 is 1.50 bits per heavy atom. The van der Waals surface area contributed by atoms with Gasteiger partial charge in [-0.2, -0.15) is 0 Å². The van der Waals surface area contributed by atoms with Crippen molar-refractivity contribution in [2.75, 3.05) is 9.80 Å². The number of benzene rings is 8. The maximum absolute atomic E-state index is 2.60. The minimum atomic E-state index is -0.115. The van der Waals surface area contributed by atoms with Crippen LogP contribution in [0.3, 0.4) is 0 Å². The third-order valence-electron chi connectivity index (χ3n) is 15.8. The van der Waals surface area contributed by atoms with Gasteiger partial charge in [0.1, 0.15) is 0 Å². The maximum atomic E-state index is 2.60. The predicted molar refractivity (Wildman–Crippen MR) is 283 cm³/mol. The third kappa shape index (κ3) is 5.74. The summed E-state index contributed by atoms with van der Waals surface area (Å²) in [7, 11) is 0. The number of fused-ring (bicyclic) bond motifs is 10. The number of rotatable bonds is 3. The zero-order valence-corrected chi connectivity index (χ0v) is 40.5. The van der Waals surface area contributed by atoms with Gasteiger partial charge >= 0.3 is 0 Å². The average molecular weight is 855 g/mol. The molecule has 2 nitrogen and oxygen atoms in total. The summed E-state index contributed by atoms with van der Waals surface area (Å²) in [6.07, 6.45) is 0. The number of hydrogen-bond donors (Lipinski definition) is 0. The summed E-state index contributed by atoms with van der Waals surface area (Å²) in [5.74, 6) is 0. The lowest BCUT2D eigenvalue weighted by Gasteiger charge is -2.45. The van der Waals surface area contributed by atoms with Crippen molar-refractivity contribution >= 4 is 57.2 Å². The molecular formula is C63H59BN2. The SMILES string of the molecule is Cc1cc2c3c(c1)N(c1ccc4c(c1)C(C)(C)c1ccccc1-4)c1ccc(C(C)(C)C)cc1B3c1cc(C(C)(C)C)ccc1N2c1ccc(-c2cccc3c2-c2ccccc2C3(C)C)cc1. The van der Waals surface area contributed by atoms with Crippen molar-refractivity contribution in [3.8, 4) is 33.4 Å². The fourth-order valence-electron chi connectivity index (χ4n) is 12.2. The van der Waals surface area contributed by atoms with E-state index in [1.807, 2.05) is 0 Å². The van der Waals surface area contributed by atoms with Gasteiger partial charge in [-0.3, -0.25) is 0 Å². The quantitative estimate of drug-likeness (QED) is 0.163. The van der Waals surface area contributed by atoms with Crippen LogP contribution in [-0.4, -0.2) is 6.71 Å². The van der Waals surface area contributed by atoms with E-state index in [1.54, 1.807) is 0 Å². The lowest BCUT2D eigenvalue weighted by atomic mass is 9.33. The zero-order valence-electron chi connectivity index (χ0n) is 40.5. The number of hydrogen-bond acceptors (Lipinski definition) is 2. The second-order valence-corrected chi connectivity index (χ2v) is 22.7. The van der Waals surface area contributed by atoms with E-state index in [2.05, 4.69) is 244 Å². The van der Waals surface area contributed by atoms with Crippen LogP contribution in [0.5, 0.6) is 0 Å². The molecule has 8 aromatic rings.